The van der Waals surface area contributed by atoms with Gasteiger partial charge in [-0.3, -0.25) is 9.69 Å². The zero-order chi connectivity index (χ0) is 37.1. The molecule has 4 fully saturated rings. The molecule has 8 nitrogen and oxygen atoms in total. The van der Waals surface area contributed by atoms with Crippen LogP contribution in [0.4, 0.5) is 0 Å². The minimum Gasteiger partial charge on any atom is -0.497 e. The maximum absolute atomic E-state index is 14.9. The first-order valence-corrected chi connectivity index (χ1v) is 20.1. The Morgan fingerprint density at radius 1 is 0.962 bits per heavy atom. The number of rotatable bonds is 13. The molecular weight excluding hydrogens is 666 g/mol. The van der Waals surface area contributed by atoms with Gasteiger partial charge in [0.1, 0.15) is 5.75 Å². The topological polar surface area (TPSA) is 109 Å². The predicted molar refractivity (Wildman–Crippen MR) is 203 cm³/mol. The van der Waals surface area contributed by atoms with E-state index in [-0.39, 0.29) is 41.2 Å². The number of benzene rings is 2. The summed E-state index contributed by atoms with van der Waals surface area (Å²) < 4.78 is 17.5. The molecular formula is C45H59NO7. The predicted octanol–water partition coefficient (Wildman–Crippen LogP) is 6.53. The van der Waals surface area contributed by atoms with Gasteiger partial charge in [-0.1, -0.05) is 62.4 Å². The third-order valence-corrected chi connectivity index (χ3v) is 15.2. The maximum Gasteiger partial charge on any atom is 0.189 e. The summed E-state index contributed by atoms with van der Waals surface area (Å²) in [4.78, 5) is 17.1. The zero-order valence-electron chi connectivity index (χ0n) is 31.8. The second-order valence-corrected chi connectivity index (χ2v) is 17.9. The molecule has 1 unspecified atom stereocenters. The van der Waals surface area contributed by atoms with Crippen molar-refractivity contribution in [2.45, 2.75) is 102 Å². The second kappa shape index (κ2) is 14.0. The van der Waals surface area contributed by atoms with Gasteiger partial charge >= 0.3 is 0 Å². The smallest absolute Gasteiger partial charge is 0.189 e. The Bertz CT molecular complexity index is 1700. The van der Waals surface area contributed by atoms with Crippen LogP contribution in [-0.4, -0.2) is 89.9 Å². The molecule has 10 atom stereocenters. The molecule has 2 bridgehead atoms. The number of allylic oxidation sites excluding steroid dienone is 4. The van der Waals surface area contributed by atoms with Crippen molar-refractivity contribution in [3.63, 3.8) is 0 Å². The second-order valence-electron chi connectivity index (χ2n) is 17.9. The van der Waals surface area contributed by atoms with Gasteiger partial charge in [0.2, 0.25) is 0 Å². The third-order valence-electron chi connectivity index (χ3n) is 15.2. The molecule has 8 heteroatoms. The number of methoxy groups -OCH3 is 1. The van der Waals surface area contributed by atoms with Gasteiger partial charge in [0.25, 0.3) is 0 Å². The van der Waals surface area contributed by atoms with Crippen molar-refractivity contribution in [3.05, 3.63) is 89.5 Å². The van der Waals surface area contributed by atoms with Crippen molar-refractivity contribution in [1.29, 1.82) is 0 Å². The van der Waals surface area contributed by atoms with E-state index in [2.05, 4.69) is 37.0 Å². The van der Waals surface area contributed by atoms with Crippen molar-refractivity contribution >= 4 is 5.78 Å². The minimum atomic E-state index is -1.03. The highest BCUT2D eigenvalue weighted by Crippen LogP contribution is 2.78. The summed E-state index contributed by atoms with van der Waals surface area (Å²) in [6, 6.07) is 17.5. The van der Waals surface area contributed by atoms with Crippen LogP contribution in [0.25, 0.3) is 0 Å². The summed E-state index contributed by atoms with van der Waals surface area (Å²) >= 11 is 0. The number of hydrogen-bond acceptors (Lipinski definition) is 8. The lowest BCUT2D eigenvalue weighted by Crippen LogP contribution is -2.67. The van der Waals surface area contributed by atoms with Crippen molar-refractivity contribution < 1.29 is 34.3 Å². The van der Waals surface area contributed by atoms with Crippen LogP contribution in [0.3, 0.4) is 0 Å². The Morgan fingerprint density at radius 2 is 1.70 bits per heavy atom. The lowest BCUT2D eigenvalue weighted by atomic mass is 9.32. The van der Waals surface area contributed by atoms with Crippen LogP contribution in [0.15, 0.2) is 78.4 Å². The first-order chi connectivity index (χ1) is 25.5. The number of fused-ring (bicyclic) bond motifs is 1. The Morgan fingerprint density at radius 3 is 2.43 bits per heavy atom. The van der Waals surface area contributed by atoms with Crippen LogP contribution in [0, 0.1) is 33.5 Å². The standard InChI is InChI=1S/C45H59NO7/c1-41-18-15-33(47)24-43(41)21-22-45(37(25-43)40(49)32-11-13-35(51-3)14-12-32)38(41)16-19-42(2)39(45)17-20-44(42,50)30-46(27-36-10-7-23-53-36)26-34(48)29-52-28-31-8-5-4-6-9-31/h4-6,8-9,11-14,21-22,25,33-34,36,38-39,47-48,50H,7,10,15-20,23-24,26-30H2,1-3H3/t33?,34-,36-,38-,39-,41-,42+,43+,44-,45-/m1/s1. The fraction of sp³-hybridized carbons (Fsp3) is 0.622. The minimum absolute atomic E-state index is 0.0433. The fourth-order valence-electron chi connectivity index (χ4n) is 12.4. The molecule has 286 valence electrons. The first-order valence-electron chi connectivity index (χ1n) is 20.1. The van der Waals surface area contributed by atoms with E-state index in [0.29, 0.717) is 50.4 Å². The largest absolute Gasteiger partial charge is 0.497 e. The molecule has 2 aromatic rings. The lowest BCUT2D eigenvalue weighted by molar-refractivity contribution is -0.177. The highest BCUT2D eigenvalue weighted by molar-refractivity contribution is 6.10. The molecule has 1 aliphatic heterocycles. The molecule has 3 saturated carbocycles. The molecule has 1 heterocycles. The van der Waals surface area contributed by atoms with E-state index in [0.717, 1.165) is 62.7 Å². The summed E-state index contributed by atoms with van der Waals surface area (Å²) in [5.74, 6) is 1.03. The fourth-order valence-corrected chi connectivity index (χ4v) is 12.4. The summed E-state index contributed by atoms with van der Waals surface area (Å²) in [6.45, 7) is 7.56. The Kier molecular flexibility index (Phi) is 9.81. The van der Waals surface area contributed by atoms with Gasteiger partial charge in [-0.25, -0.2) is 0 Å². The number of hydrogen-bond donors (Lipinski definition) is 3. The molecule has 6 aliphatic carbocycles. The number of nitrogens with zero attached hydrogens (tertiary/aromatic N) is 1. The molecule has 0 aromatic heterocycles. The van der Waals surface area contributed by atoms with Crippen molar-refractivity contribution in [2.24, 2.45) is 33.5 Å². The van der Waals surface area contributed by atoms with Gasteiger partial charge < -0.3 is 29.5 Å². The first kappa shape index (κ1) is 37.1. The number of carbonyl (C=O) groups is 1. The Labute approximate surface area is 315 Å². The van der Waals surface area contributed by atoms with E-state index in [9.17, 15) is 20.1 Å². The van der Waals surface area contributed by atoms with Gasteiger partial charge in [0, 0.05) is 53.6 Å². The third kappa shape index (κ3) is 6.07. The summed E-state index contributed by atoms with van der Waals surface area (Å²) in [5.41, 5.74) is 0.0561. The normalized spacial score (nSPS) is 39.0. The molecule has 2 spiro atoms. The average Bonchev–Trinajstić information content (AvgIpc) is 3.76. The number of ether oxygens (including phenoxy) is 3. The summed E-state index contributed by atoms with van der Waals surface area (Å²) in [6.07, 6.45) is 13.5. The molecule has 2 aromatic carbocycles. The van der Waals surface area contributed by atoms with Crippen LogP contribution >= 0.6 is 0 Å². The van der Waals surface area contributed by atoms with Crippen LogP contribution in [0.1, 0.15) is 87.6 Å². The van der Waals surface area contributed by atoms with Crippen molar-refractivity contribution in [3.8, 4) is 5.75 Å². The Hall–Kier alpha value is -2.85. The van der Waals surface area contributed by atoms with E-state index < -0.39 is 28.6 Å². The molecule has 3 N–H and O–H groups in total. The van der Waals surface area contributed by atoms with Gasteiger partial charge in [0.15, 0.2) is 5.78 Å². The average molecular weight is 726 g/mol. The number of aliphatic hydroxyl groups excluding tert-OH is 2. The van der Waals surface area contributed by atoms with Gasteiger partial charge in [-0.2, -0.15) is 0 Å². The van der Waals surface area contributed by atoms with E-state index in [4.69, 9.17) is 14.2 Å². The van der Waals surface area contributed by atoms with Crippen molar-refractivity contribution in [2.75, 3.05) is 40.0 Å². The molecule has 1 saturated heterocycles. The molecule has 0 radical (unpaired) electrons. The molecule has 7 aliphatic rings. The monoisotopic (exact) mass is 725 g/mol. The number of Topliss-reactive ketones (excluding diaryl/α,β-unsaturated/α-hetero) is 1. The quantitative estimate of drug-likeness (QED) is 0.158. The highest BCUT2D eigenvalue weighted by Gasteiger charge is 2.74. The summed E-state index contributed by atoms with van der Waals surface area (Å²) in [7, 11) is 1.63. The van der Waals surface area contributed by atoms with E-state index in [1.165, 1.54) is 0 Å². The van der Waals surface area contributed by atoms with Gasteiger partial charge in [-0.15, -0.1) is 0 Å². The lowest BCUT2D eigenvalue weighted by Gasteiger charge is -2.71. The van der Waals surface area contributed by atoms with E-state index >= 15 is 0 Å². The van der Waals surface area contributed by atoms with E-state index in [1.54, 1.807) is 7.11 Å². The number of aliphatic hydroxyl groups is 3. The van der Waals surface area contributed by atoms with E-state index in [1.807, 2.05) is 54.6 Å². The highest BCUT2D eigenvalue weighted by atomic mass is 16.5. The van der Waals surface area contributed by atoms with Crippen LogP contribution in [0.5, 0.6) is 5.75 Å². The zero-order valence-corrected chi connectivity index (χ0v) is 31.8. The molecule has 53 heavy (non-hydrogen) atoms. The summed E-state index contributed by atoms with van der Waals surface area (Å²) in [5, 5.41) is 35.4. The van der Waals surface area contributed by atoms with Crippen LogP contribution < -0.4 is 4.74 Å². The number of ketones is 1. The Balaban J connectivity index is 1.10. The van der Waals surface area contributed by atoms with Gasteiger partial charge in [-0.05, 0) is 105 Å². The van der Waals surface area contributed by atoms with Crippen LogP contribution in [0.2, 0.25) is 0 Å². The van der Waals surface area contributed by atoms with Gasteiger partial charge in [0.05, 0.1) is 44.2 Å². The maximum atomic E-state index is 14.9. The number of carbonyl (C=O) groups excluding carboxylic acids is 1. The SMILES string of the molecule is COc1ccc(C(=O)C2=C[C@@]34C=C[C@@]25[C@@H]2CC[C@@](O)(CN(C[C@@H](O)COCc6ccccc6)C[C@H]6CCCO6)[C@@]2(C)CC[C@@H]5[C@@]3(C)CCC(O)C4)cc1. The van der Waals surface area contributed by atoms with Crippen molar-refractivity contribution in [1.82, 2.24) is 4.90 Å². The molecule has 0 amide bonds. The van der Waals surface area contributed by atoms with Crippen LogP contribution in [-0.2, 0) is 16.1 Å². The molecule has 9 rings (SSSR count).